The van der Waals surface area contributed by atoms with E-state index < -0.39 is 17.8 Å². The number of rotatable bonds is 3. The Morgan fingerprint density at radius 1 is 1.11 bits per heavy atom. The van der Waals surface area contributed by atoms with Crippen molar-refractivity contribution in [2.45, 2.75) is 18.7 Å². The summed E-state index contributed by atoms with van der Waals surface area (Å²) in [6.07, 6.45) is -4.70. The van der Waals surface area contributed by atoms with Crippen LogP contribution < -0.4 is 0 Å². The van der Waals surface area contributed by atoms with E-state index in [1.807, 2.05) is 16.8 Å². The van der Waals surface area contributed by atoms with E-state index in [-0.39, 0.29) is 0 Å². The predicted molar refractivity (Wildman–Crippen MR) is 64.4 cm³/mol. The van der Waals surface area contributed by atoms with Crippen LogP contribution in [-0.2, 0) is 12.6 Å². The number of aliphatic hydroxyl groups is 1. The number of halogens is 3. The summed E-state index contributed by atoms with van der Waals surface area (Å²) in [5.74, 6) is 0. The molecule has 5 heteroatoms. The number of benzene rings is 1. The fourth-order valence-electron chi connectivity index (χ4n) is 1.64. The van der Waals surface area contributed by atoms with Gasteiger partial charge in [0.15, 0.2) is 0 Å². The maximum absolute atomic E-state index is 12.4. The Morgan fingerprint density at radius 3 is 2.28 bits per heavy atom. The molecule has 0 bridgehead atoms. The third kappa shape index (κ3) is 3.11. The molecule has 1 heterocycles. The van der Waals surface area contributed by atoms with Crippen molar-refractivity contribution in [3.63, 3.8) is 0 Å². The lowest BCUT2D eigenvalue weighted by Gasteiger charge is -2.12. The molecule has 0 radical (unpaired) electrons. The van der Waals surface area contributed by atoms with E-state index in [0.717, 1.165) is 17.7 Å². The largest absolute Gasteiger partial charge is 0.416 e. The number of alkyl halides is 3. The van der Waals surface area contributed by atoms with Crippen LogP contribution in [0.25, 0.3) is 0 Å². The molecule has 18 heavy (non-hydrogen) atoms. The SMILES string of the molecule is OC(Cc1ccsc1)c1ccc(C(F)(F)F)cc1. The standard InChI is InChI=1S/C13H11F3OS/c14-13(15,16)11-3-1-10(2-4-11)12(17)7-9-5-6-18-8-9/h1-6,8,12,17H,7H2. The molecule has 1 atom stereocenters. The Hall–Kier alpha value is -1.33. The second-order valence-corrected chi connectivity index (χ2v) is 4.75. The highest BCUT2D eigenvalue weighted by Gasteiger charge is 2.30. The quantitative estimate of drug-likeness (QED) is 0.894. The molecule has 1 aromatic carbocycles. The lowest BCUT2D eigenvalue weighted by Crippen LogP contribution is -2.06. The summed E-state index contributed by atoms with van der Waals surface area (Å²) in [7, 11) is 0. The van der Waals surface area contributed by atoms with E-state index in [1.165, 1.54) is 23.5 Å². The molecule has 0 amide bonds. The number of hydrogen-bond acceptors (Lipinski definition) is 2. The van der Waals surface area contributed by atoms with Gasteiger partial charge in [0.05, 0.1) is 11.7 Å². The second-order valence-electron chi connectivity index (χ2n) is 3.97. The van der Waals surface area contributed by atoms with Crippen LogP contribution in [0.5, 0.6) is 0 Å². The molecule has 2 rings (SSSR count). The summed E-state index contributed by atoms with van der Waals surface area (Å²) in [5, 5.41) is 13.7. The minimum Gasteiger partial charge on any atom is -0.388 e. The molecule has 2 aromatic rings. The Bertz CT molecular complexity index is 488. The summed E-state index contributed by atoms with van der Waals surface area (Å²) < 4.78 is 37.1. The fraction of sp³-hybridized carbons (Fsp3) is 0.231. The van der Waals surface area contributed by atoms with Crippen molar-refractivity contribution in [3.8, 4) is 0 Å². The van der Waals surface area contributed by atoms with Crippen molar-refractivity contribution >= 4 is 11.3 Å². The molecule has 0 aliphatic heterocycles. The Kier molecular flexibility index (Phi) is 3.73. The molecular formula is C13H11F3OS. The summed E-state index contributed by atoms with van der Waals surface area (Å²) in [6, 6.07) is 6.51. The molecule has 1 N–H and O–H groups in total. The van der Waals surface area contributed by atoms with Gasteiger partial charge in [-0.05, 0) is 40.1 Å². The zero-order valence-corrected chi connectivity index (χ0v) is 10.1. The number of hydrogen-bond donors (Lipinski definition) is 1. The normalized spacial score (nSPS) is 13.6. The number of aliphatic hydroxyl groups excluding tert-OH is 1. The third-order valence-electron chi connectivity index (χ3n) is 2.63. The van der Waals surface area contributed by atoms with Gasteiger partial charge in [-0.2, -0.15) is 24.5 Å². The van der Waals surface area contributed by atoms with Crippen molar-refractivity contribution in [1.29, 1.82) is 0 Å². The second kappa shape index (κ2) is 5.12. The first kappa shape index (κ1) is 13.1. The van der Waals surface area contributed by atoms with Gasteiger partial charge in [-0.3, -0.25) is 0 Å². The zero-order chi connectivity index (χ0) is 13.2. The van der Waals surface area contributed by atoms with Crippen LogP contribution in [0.1, 0.15) is 22.8 Å². The van der Waals surface area contributed by atoms with Gasteiger partial charge in [0.2, 0.25) is 0 Å². The van der Waals surface area contributed by atoms with Crippen LogP contribution in [0.3, 0.4) is 0 Å². The summed E-state index contributed by atoms with van der Waals surface area (Å²) in [4.78, 5) is 0. The van der Waals surface area contributed by atoms with E-state index in [0.29, 0.717) is 12.0 Å². The number of thiophene rings is 1. The van der Waals surface area contributed by atoms with Gasteiger partial charge in [-0.1, -0.05) is 12.1 Å². The van der Waals surface area contributed by atoms with E-state index in [2.05, 4.69) is 0 Å². The van der Waals surface area contributed by atoms with Crippen LogP contribution in [0.15, 0.2) is 41.1 Å². The van der Waals surface area contributed by atoms with E-state index in [4.69, 9.17) is 0 Å². The molecule has 0 spiro atoms. The molecule has 0 saturated heterocycles. The maximum atomic E-state index is 12.4. The maximum Gasteiger partial charge on any atom is 0.416 e. The Labute approximate surface area is 107 Å². The average Bonchev–Trinajstić information content (AvgIpc) is 2.81. The van der Waals surface area contributed by atoms with Crippen molar-refractivity contribution in [2.24, 2.45) is 0 Å². The Balaban J connectivity index is 2.10. The van der Waals surface area contributed by atoms with Crippen LogP contribution in [0.4, 0.5) is 13.2 Å². The molecule has 1 unspecified atom stereocenters. The molecule has 0 saturated carbocycles. The van der Waals surface area contributed by atoms with Gasteiger partial charge in [-0.15, -0.1) is 0 Å². The molecule has 1 aromatic heterocycles. The predicted octanol–water partition coefficient (Wildman–Crippen LogP) is 4.04. The summed E-state index contributed by atoms with van der Waals surface area (Å²) in [6.45, 7) is 0. The molecule has 1 nitrogen and oxygen atoms in total. The summed E-state index contributed by atoms with van der Waals surface area (Å²) >= 11 is 1.52. The van der Waals surface area contributed by atoms with Crippen molar-refractivity contribution < 1.29 is 18.3 Å². The van der Waals surface area contributed by atoms with Crippen LogP contribution >= 0.6 is 11.3 Å². The van der Waals surface area contributed by atoms with E-state index in [1.54, 1.807) is 0 Å². The van der Waals surface area contributed by atoms with E-state index >= 15 is 0 Å². The minimum atomic E-state index is -4.34. The van der Waals surface area contributed by atoms with Gasteiger partial charge in [0.25, 0.3) is 0 Å². The van der Waals surface area contributed by atoms with Crippen molar-refractivity contribution in [3.05, 3.63) is 57.8 Å². The lowest BCUT2D eigenvalue weighted by molar-refractivity contribution is -0.137. The molecule has 0 aliphatic carbocycles. The molecule has 0 fully saturated rings. The highest BCUT2D eigenvalue weighted by Crippen LogP contribution is 2.30. The van der Waals surface area contributed by atoms with Gasteiger partial charge < -0.3 is 5.11 Å². The summed E-state index contributed by atoms with van der Waals surface area (Å²) in [5.41, 5.74) is 0.774. The zero-order valence-electron chi connectivity index (χ0n) is 9.32. The van der Waals surface area contributed by atoms with Gasteiger partial charge in [0.1, 0.15) is 0 Å². The van der Waals surface area contributed by atoms with Gasteiger partial charge in [-0.25, -0.2) is 0 Å². The smallest absolute Gasteiger partial charge is 0.388 e. The van der Waals surface area contributed by atoms with Crippen molar-refractivity contribution in [1.82, 2.24) is 0 Å². The molecule has 96 valence electrons. The fourth-order valence-corrected chi connectivity index (χ4v) is 2.33. The first-order valence-electron chi connectivity index (χ1n) is 5.33. The van der Waals surface area contributed by atoms with Crippen LogP contribution in [-0.4, -0.2) is 5.11 Å². The molecular weight excluding hydrogens is 261 g/mol. The Morgan fingerprint density at radius 2 is 1.78 bits per heavy atom. The minimum absolute atomic E-state index is 0.412. The van der Waals surface area contributed by atoms with Gasteiger partial charge in [0, 0.05) is 6.42 Å². The van der Waals surface area contributed by atoms with Crippen LogP contribution in [0, 0.1) is 0 Å². The van der Waals surface area contributed by atoms with Crippen molar-refractivity contribution in [2.75, 3.05) is 0 Å². The highest BCUT2D eigenvalue weighted by molar-refractivity contribution is 7.07. The first-order valence-corrected chi connectivity index (χ1v) is 6.27. The van der Waals surface area contributed by atoms with E-state index in [9.17, 15) is 18.3 Å². The lowest BCUT2D eigenvalue weighted by atomic mass is 10.0. The topological polar surface area (TPSA) is 20.2 Å². The van der Waals surface area contributed by atoms with Gasteiger partial charge >= 0.3 is 6.18 Å². The first-order chi connectivity index (χ1) is 8.47. The third-order valence-corrected chi connectivity index (χ3v) is 3.36. The monoisotopic (exact) mass is 272 g/mol. The highest BCUT2D eigenvalue weighted by atomic mass is 32.1. The molecule has 0 aliphatic rings. The van der Waals surface area contributed by atoms with Crippen LogP contribution in [0.2, 0.25) is 0 Å². The average molecular weight is 272 g/mol.